The summed E-state index contributed by atoms with van der Waals surface area (Å²) < 4.78 is 0. The number of hydrogen-bond acceptors (Lipinski definition) is 4. The highest BCUT2D eigenvalue weighted by Gasteiger charge is 2.38. The smallest absolute Gasteiger partial charge is 0.253 e. The summed E-state index contributed by atoms with van der Waals surface area (Å²) in [6.45, 7) is 1.97. The van der Waals surface area contributed by atoms with Crippen LogP contribution >= 0.6 is 0 Å². The molecule has 2 fully saturated rings. The fourth-order valence-electron chi connectivity index (χ4n) is 4.60. The summed E-state index contributed by atoms with van der Waals surface area (Å²) in [6.07, 6.45) is 3.50. The topological polar surface area (TPSA) is 96.9 Å². The minimum atomic E-state index is -0.884. The number of aromatic nitrogens is 1. The van der Waals surface area contributed by atoms with Crippen LogP contribution in [0.5, 0.6) is 0 Å². The molecule has 3 N–H and O–H groups in total. The fourth-order valence-corrected chi connectivity index (χ4v) is 4.60. The molecule has 1 saturated heterocycles. The molecule has 1 aliphatic carbocycles. The summed E-state index contributed by atoms with van der Waals surface area (Å²) in [4.78, 5) is 32.0. The standard InChI is InChI=1S/C26H29N3O4/c30-14-9-21-16-27-23-8-7-20(15-22(21)23)17-1-5-19(6-2-17)25(32)28-10-12-29(13-11-28)26(33)24(31)18-3-4-18/h1-2,5-8,15-16,18,24,27,30-31H,3-4,9-14H2. The number of piperazine rings is 1. The minimum Gasteiger partial charge on any atom is -0.396 e. The van der Waals surface area contributed by atoms with E-state index < -0.39 is 6.10 Å². The number of nitrogens with zero attached hydrogens (tertiary/aromatic N) is 2. The number of aliphatic hydroxyl groups is 2. The first-order valence-corrected chi connectivity index (χ1v) is 11.6. The quantitative estimate of drug-likeness (QED) is 0.541. The molecule has 3 aromatic rings. The number of carbonyl (C=O) groups excluding carboxylic acids is 2. The second-order valence-electron chi connectivity index (χ2n) is 9.02. The van der Waals surface area contributed by atoms with Gasteiger partial charge in [0.25, 0.3) is 11.8 Å². The molecule has 0 spiro atoms. The van der Waals surface area contributed by atoms with Crippen LogP contribution in [0.15, 0.2) is 48.7 Å². The molecule has 1 aliphatic heterocycles. The van der Waals surface area contributed by atoms with E-state index in [0.717, 1.165) is 40.4 Å². The van der Waals surface area contributed by atoms with Gasteiger partial charge in [0, 0.05) is 55.4 Å². The van der Waals surface area contributed by atoms with Crippen LogP contribution in [0.1, 0.15) is 28.8 Å². The van der Waals surface area contributed by atoms with E-state index >= 15 is 0 Å². The molecule has 7 nitrogen and oxygen atoms in total. The van der Waals surface area contributed by atoms with E-state index in [0.29, 0.717) is 38.2 Å². The molecule has 2 heterocycles. The number of benzene rings is 2. The third-order valence-electron chi connectivity index (χ3n) is 6.81. The Morgan fingerprint density at radius 3 is 2.30 bits per heavy atom. The van der Waals surface area contributed by atoms with Crippen LogP contribution in [0.2, 0.25) is 0 Å². The summed E-state index contributed by atoms with van der Waals surface area (Å²) >= 11 is 0. The third-order valence-corrected chi connectivity index (χ3v) is 6.81. The number of amides is 2. The summed E-state index contributed by atoms with van der Waals surface area (Å²) in [5.74, 6) is -0.118. The van der Waals surface area contributed by atoms with Crippen molar-refractivity contribution in [3.63, 3.8) is 0 Å². The molecule has 2 aromatic carbocycles. The van der Waals surface area contributed by atoms with Gasteiger partial charge in [-0.1, -0.05) is 18.2 Å². The van der Waals surface area contributed by atoms with Crippen LogP contribution in [-0.4, -0.2) is 75.7 Å². The van der Waals surface area contributed by atoms with Crippen molar-refractivity contribution in [2.24, 2.45) is 5.92 Å². The van der Waals surface area contributed by atoms with Gasteiger partial charge in [-0.15, -0.1) is 0 Å². The Kier molecular flexibility index (Phi) is 5.91. The van der Waals surface area contributed by atoms with Crippen molar-refractivity contribution in [2.75, 3.05) is 32.8 Å². The normalized spacial score (nSPS) is 17.4. The molecule has 5 rings (SSSR count). The lowest BCUT2D eigenvalue weighted by Gasteiger charge is -2.35. The van der Waals surface area contributed by atoms with E-state index in [4.69, 9.17) is 0 Å². The average Bonchev–Trinajstić information content (AvgIpc) is 3.64. The molecule has 1 atom stereocenters. The summed E-state index contributed by atoms with van der Waals surface area (Å²) in [5.41, 5.74) is 4.83. The average molecular weight is 448 g/mol. The van der Waals surface area contributed by atoms with Crippen molar-refractivity contribution < 1.29 is 19.8 Å². The van der Waals surface area contributed by atoms with Gasteiger partial charge in [-0.3, -0.25) is 9.59 Å². The molecule has 1 saturated carbocycles. The Bertz CT molecular complexity index is 1160. The Hall–Kier alpha value is -3.16. The van der Waals surface area contributed by atoms with Gasteiger partial charge in [0.2, 0.25) is 0 Å². The highest BCUT2D eigenvalue weighted by molar-refractivity contribution is 5.95. The number of rotatable bonds is 6. The number of fused-ring (bicyclic) bond motifs is 1. The zero-order valence-corrected chi connectivity index (χ0v) is 18.5. The van der Waals surface area contributed by atoms with Crippen LogP contribution in [0.3, 0.4) is 0 Å². The lowest BCUT2D eigenvalue weighted by Crippen LogP contribution is -2.53. The zero-order chi connectivity index (χ0) is 22.9. The first-order chi connectivity index (χ1) is 16.0. The Balaban J connectivity index is 1.24. The van der Waals surface area contributed by atoms with Crippen molar-refractivity contribution in [2.45, 2.75) is 25.4 Å². The fraction of sp³-hybridized carbons (Fsp3) is 0.385. The number of hydrogen-bond donors (Lipinski definition) is 3. The molecular weight excluding hydrogens is 418 g/mol. The van der Waals surface area contributed by atoms with Gasteiger partial charge in [0.15, 0.2) is 0 Å². The minimum absolute atomic E-state index is 0.0392. The van der Waals surface area contributed by atoms with Crippen molar-refractivity contribution in [1.29, 1.82) is 0 Å². The van der Waals surface area contributed by atoms with Gasteiger partial charge in [-0.05, 0) is 66.1 Å². The first kappa shape index (κ1) is 21.7. The van der Waals surface area contributed by atoms with Crippen LogP contribution in [0.25, 0.3) is 22.0 Å². The van der Waals surface area contributed by atoms with E-state index in [2.05, 4.69) is 11.1 Å². The number of carbonyl (C=O) groups is 2. The zero-order valence-electron chi connectivity index (χ0n) is 18.5. The number of aromatic amines is 1. The predicted molar refractivity (Wildman–Crippen MR) is 126 cm³/mol. The molecule has 0 bridgehead atoms. The maximum absolute atomic E-state index is 13.0. The van der Waals surface area contributed by atoms with Gasteiger partial charge in [-0.2, -0.15) is 0 Å². The lowest BCUT2D eigenvalue weighted by atomic mass is 10.0. The van der Waals surface area contributed by atoms with Gasteiger partial charge < -0.3 is 25.0 Å². The van der Waals surface area contributed by atoms with Crippen LogP contribution < -0.4 is 0 Å². The third kappa shape index (κ3) is 4.38. The Morgan fingerprint density at radius 2 is 1.64 bits per heavy atom. The van der Waals surface area contributed by atoms with Crippen molar-refractivity contribution >= 4 is 22.7 Å². The van der Waals surface area contributed by atoms with Crippen LogP contribution in [0.4, 0.5) is 0 Å². The Labute approximate surface area is 192 Å². The number of nitrogens with one attached hydrogen (secondary N) is 1. The molecule has 1 aromatic heterocycles. The van der Waals surface area contributed by atoms with E-state index in [1.807, 2.05) is 42.6 Å². The SMILES string of the molecule is O=C(c1ccc(-c2ccc3[nH]cc(CCO)c3c2)cc1)N1CCN(C(=O)C(O)C2CC2)CC1. The van der Waals surface area contributed by atoms with E-state index in [-0.39, 0.29) is 24.3 Å². The molecule has 7 heteroatoms. The number of H-pyrrole nitrogens is 1. The molecule has 2 amide bonds. The van der Waals surface area contributed by atoms with Gasteiger partial charge in [-0.25, -0.2) is 0 Å². The molecule has 2 aliphatic rings. The molecule has 0 radical (unpaired) electrons. The highest BCUT2D eigenvalue weighted by atomic mass is 16.3. The van der Waals surface area contributed by atoms with Crippen LogP contribution in [0, 0.1) is 5.92 Å². The second kappa shape index (κ2) is 9.00. The highest BCUT2D eigenvalue weighted by Crippen LogP contribution is 2.33. The van der Waals surface area contributed by atoms with Gasteiger partial charge >= 0.3 is 0 Å². The van der Waals surface area contributed by atoms with Crippen molar-refractivity contribution in [3.8, 4) is 11.1 Å². The van der Waals surface area contributed by atoms with Crippen molar-refractivity contribution in [3.05, 3.63) is 59.8 Å². The summed E-state index contributed by atoms with van der Waals surface area (Å²) in [7, 11) is 0. The van der Waals surface area contributed by atoms with E-state index in [1.54, 1.807) is 9.80 Å². The van der Waals surface area contributed by atoms with E-state index in [9.17, 15) is 19.8 Å². The molecule has 172 valence electrons. The molecular formula is C26H29N3O4. The van der Waals surface area contributed by atoms with Gasteiger partial charge in [0.1, 0.15) is 6.10 Å². The molecule has 1 unspecified atom stereocenters. The molecule has 33 heavy (non-hydrogen) atoms. The first-order valence-electron chi connectivity index (χ1n) is 11.6. The second-order valence-corrected chi connectivity index (χ2v) is 9.02. The predicted octanol–water partition coefficient (Wildman–Crippen LogP) is 2.42. The van der Waals surface area contributed by atoms with Crippen molar-refractivity contribution in [1.82, 2.24) is 14.8 Å². The summed E-state index contributed by atoms with van der Waals surface area (Å²) in [5, 5.41) is 20.5. The lowest BCUT2D eigenvalue weighted by molar-refractivity contribution is -0.142. The Morgan fingerprint density at radius 1 is 0.970 bits per heavy atom. The monoisotopic (exact) mass is 447 g/mol. The maximum Gasteiger partial charge on any atom is 0.253 e. The largest absolute Gasteiger partial charge is 0.396 e. The van der Waals surface area contributed by atoms with Crippen LogP contribution in [-0.2, 0) is 11.2 Å². The summed E-state index contributed by atoms with van der Waals surface area (Å²) in [6, 6.07) is 13.8. The maximum atomic E-state index is 13.0. The van der Waals surface area contributed by atoms with Gasteiger partial charge in [0.05, 0.1) is 0 Å². The number of aliphatic hydroxyl groups excluding tert-OH is 2. The van der Waals surface area contributed by atoms with E-state index in [1.165, 1.54) is 0 Å².